The minimum atomic E-state index is -0.791. The third-order valence-electron chi connectivity index (χ3n) is 5.36. The molecule has 0 heterocycles. The summed E-state index contributed by atoms with van der Waals surface area (Å²) in [7, 11) is 0. The van der Waals surface area contributed by atoms with Crippen molar-refractivity contribution in [1.82, 2.24) is 5.32 Å². The van der Waals surface area contributed by atoms with Gasteiger partial charge in [-0.05, 0) is 44.2 Å². The number of carbonyl (C=O) groups excluding carboxylic acids is 1. The summed E-state index contributed by atoms with van der Waals surface area (Å²) in [6.07, 6.45) is 8.56. The second kappa shape index (κ2) is 13.2. The summed E-state index contributed by atoms with van der Waals surface area (Å²) in [4.78, 5) is 11.4. The number of rotatable bonds is 12. The van der Waals surface area contributed by atoms with Crippen molar-refractivity contribution < 1.29 is 24.9 Å². The molecule has 30 heavy (non-hydrogen) atoms. The van der Waals surface area contributed by atoms with Gasteiger partial charge in [0.2, 0.25) is 5.91 Å². The van der Waals surface area contributed by atoms with E-state index in [-0.39, 0.29) is 24.3 Å². The standard InChI is InChI=1S/C24H35NO5/c1-2-25-24(29)13-9-4-3-8-12-20-21(23(28)16-22(20)27)15-14-18(26)17-30-19-10-6-5-7-11-19/h3,5-8,10-11,14-15,18,20-23,26-28H,2,4,9,12-13,16-17H2,1H3,(H,25,29)/b8-3-,15-14+/t18?,20?,21-,22?,23?/m1/s1. The molecule has 6 heteroatoms. The van der Waals surface area contributed by atoms with Gasteiger partial charge < -0.3 is 25.4 Å². The Hall–Kier alpha value is -2.15. The molecule has 6 nitrogen and oxygen atoms in total. The number of carbonyl (C=O) groups is 1. The van der Waals surface area contributed by atoms with Crippen LogP contribution in [0.4, 0.5) is 0 Å². The van der Waals surface area contributed by atoms with Crippen LogP contribution in [-0.2, 0) is 4.79 Å². The number of ether oxygens (including phenoxy) is 1. The van der Waals surface area contributed by atoms with Crippen molar-refractivity contribution in [3.05, 3.63) is 54.6 Å². The maximum Gasteiger partial charge on any atom is 0.219 e. The van der Waals surface area contributed by atoms with Crippen molar-refractivity contribution in [2.75, 3.05) is 13.2 Å². The van der Waals surface area contributed by atoms with Crippen LogP contribution in [0, 0.1) is 11.8 Å². The lowest BCUT2D eigenvalue weighted by atomic mass is 9.89. The SMILES string of the molecule is CCNC(=O)CCC/C=C\CC1C(O)CC(O)[C@@H]1/C=C/C(O)COc1ccccc1. The van der Waals surface area contributed by atoms with E-state index in [0.29, 0.717) is 31.6 Å². The van der Waals surface area contributed by atoms with Gasteiger partial charge in [-0.15, -0.1) is 0 Å². The van der Waals surface area contributed by atoms with Crippen LogP contribution in [0.2, 0.25) is 0 Å². The molecule has 0 aromatic heterocycles. The molecule has 4 N–H and O–H groups in total. The van der Waals surface area contributed by atoms with Crippen LogP contribution in [0.3, 0.4) is 0 Å². The Bertz CT molecular complexity index is 675. The fourth-order valence-corrected chi connectivity index (χ4v) is 3.75. The topological polar surface area (TPSA) is 99.0 Å². The van der Waals surface area contributed by atoms with Gasteiger partial charge in [0.15, 0.2) is 0 Å². The fraction of sp³-hybridized carbons (Fsp3) is 0.542. The van der Waals surface area contributed by atoms with E-state index in [0.717, 1.165) is 12.8 Å². The lowest BCUT2D eigenvalue weighted by Gasteiger charge is -2.19. The molecule has 4 unspecified atom stereocenters. The van der Waals surface area contributed by atoms with E-state index in [1.807, 2.05) is 49.4 Å². The first kappa shape index (κ1) is 24.1. The smallest absolute Gasteiger partial charge is 0.219 e. The predicted octanol–water partition coefficient (Wildman–Crippen LogP) is 2.59. The molecule has 166 valence electrons. The maximum atomic E-state index is 11.4. The monoisotopic (exact) mass is 417 g/mol. The number of aliphatic hydroxyl groups is 3. The van der Waals surface area contributed by atoms with E-state index in [2.05, 4.69) is 5.32 Å². The van der Waals surface area contributed by atoms with Gasteiger partial charge in [0.25, 0.3) is 0 Å². The summed E-state index contributed by atoms with van der Waals surface area (Å²) in [6, 6.07) is 9.28. The van der Waals surface area contributed by atoms with E-state index >= 15 is 0 Å². The van der Waals surface area contributed by atoms with Crippen molar-refractivity contribution in [3.8, 4) is 5.75 Å². The Balaban J connectivity index is 1.78. The van der Waals surface area contributed by atoms with Crippen molar-refractivity contribution in [2.24, 2.45) is 11.8 Å². The summed E-state index contributed by atoms with van der Waals surface area (Å²) in [5.41, 5.74) is 0. The second-order valence-corrected chi connectivity index (χ2v) is 7.74. The van der Waals surface area contributed by atoms with Gasteiger partial charge >= 0.3 is 0 Å². The Morgan fingerprint density at radius 3 is 2.73 bits per heavy atom. The first-order chi connectivity index (χ1) is 14.5. The van der Waals surface area contributed by atoms with Gasteiger partial charge in [0.1, 0.15) is 18.5 Å². The number of unbranched alkanes of at least 4 members (excludes halogenated alkanes) is 1. The lowest BCUT2D eigenvalue weighted by molar-refractivity contribution is -0.121. The minimum Gasteiger partial charge on any atom is -0.491 e. The number of allylic oxidation sites excluding steroid dienone is 2. The first-order valence-corrected chi connectivity index (χ1v) is 10.8. The number of amides is 1. The van der Waals surface area contributed by atoms with Crippen molar-refractivity contribution in [1.29, 1.82) is 0 Å². The molecule has 0 saturated heterocycles. The van der Waals surface area contributed by atoms with Crippen LogP contribution < -0.4 is 10.1 Å². The van der Waals surface area contributed by atoms with E-state index in [4.69, 9.17) is 4.74 Å². The van der Waals surface area contributed by atoms with Gasteiger partial charge in [-0.3, -0.25) is 4.79 Å². The molecule has 1 amide bonds. The highest BCUT2D eigenvalue weighted by Gasteiger charge is 2.39. The third-order valence-corrected chi connectivity index (χ3v) is 5.36. The van der Waals surface area contributed by atoms with Crippen LogP contribution >= 0.6 is 0 Å². The first-order valence-electron chi connectivity index (χ1n) is 10.8. The number of hydrogen-bond acceptors (Lipinski definition) is 5. The average molecular weight is 418 g/mol. The Kier molecular flexibility index (Phi) is 10.6. The van der Waals surface area contributed by atoms with Gasteiger partial charge in [-0.25, -0.2) is 0 Å². The summed E-state index contributed by atoms with van der Waals surface area (Å²) in [5.74, 6) is 0.446. The van der Waals surface area contributed by atoms with Crippen LogP contribution in [0.5, 0.6) is 5.75 Å². The number of aliphatic hydroxyl groups excluding tert-OH is 3. The van der Waals surface area contributed by atoms with Crippen molar-refractivity contribution >= 4 is 5.91 Å². The van der Waals surface area contributed by atoms with Crippen LogP contribution in [-0.4, -0.2) is 52.7 Å². The van der Waals surface area contributed by atoms with Crippen LogP contribution in [0.15, 0.2) is 54.6 Å². The van der Waals surface area contributed by atoms with Crippen LogP contribution in [0.1, 0.15) is 39.0 Å². The number of para-hydroxylation sites is 1. The predicted molar refractivity (Wildman–Crippen MR) is 117 cm³/mol. The van der Waals surface area contributed by atoms with Gasteiger partial charge in [0, 0.05) is 25.3 Å². The van der Waals surface area contributed by atoms with Gasteiger partial charge in [-0.2, -0.15) is 0 Å². The minimum absolute atomic E-state index is 0.0697. The Morgan fingerprint density at radius 1 is 1.23 bits per heavy atom. The van der Waals surface area contributed by atoms with Gasteiger partial charge in [0.05, 0.1) is 12.2 Å². The largest absolute Gasteiger partial charge is 0.491 e. The molecule has 0 spiro atoms. The highest BCUT2D eigenvalue weighted by atomic mass is 16.5. The third kappa shape index (κ3) is 8.30. The zero-order valence-electron chi connectivity index (χ0n) is 17.7. The molecule has 0 bridgehead atoms. The van der Waals surface area contributed by atoms with Crippen molar-refractivity contribution in [3.63, 3.8) is 0 Å². The summed E-state index contributed by atoms with van der Waals surface area (Å²) < 4.78 is 5.54. The van der Waals surface area contributed by atoms with E-state index in [9.17, 15) is 20.1 Å². The molecular weight excluding hydrogens is 382 g/mol. The highest BCUT2D eigenvalue weighted by molar-refractivity contribution is 5.75. The average Bonchev–Trinajstić information content (AvgIpc) is 3.00. The second-order valence-electron chi connectivity index (χ2n) is 7.74. The zero-order chi connectivity index (χ0) is 21.8. The summed E-state index contributed by atoms with van der Waals surface area (Å²) >= 11 is 0. The molecule has 5 atom stereocenters. The number of nitrogens with one attached hydrogen (secondary N) is 1. The Morgan fingerprint density at radius 2 is 2.00 bits per heavy atom. The molecule has 1 aliphatic carbocycles. The molecule has 1 aromatic rings. The fourth-order valence-electron chi connectivity index (χ4n) is 3.75. The molecule has 1 fully saturated rings. The Labute approximate surface area is 179 Å². The molecule has 1 aromatic carbocycles. The molecule has 1 aliphatic rings. The van der Waals surface area contributed by atoms with Crippen molar-refractivity contribution in [2.45, 2.75) is 57.3 Å². The molecule has 0 aliphatic heterocycles. The quantitative estimate of drug-likeness (QED) is 0.310. The summed E-state index contributed by atoms with van der Waals surface area (Å²) in [5, 5.41) is 33.6. The van der Waals surface area contributed by atoms with E-state index in [1.165, 1.54) is 0 Å². The molecule has 1 saturated carbocycles. The summed E-state index contributed by atoms with van der Waals surface area (Å²) in [6.45, 7) is 2.68. The maximum absolute atomic E-state index is 11.4. The lowest BCUT2D eigenvalue weighted by Crippen LogP contribution is -2.22. The number of benzene rings is 1. The number of hydrogen-bond donors (Lipinski definition) is 4. The van der Waals surface area contributed by atoms with Crippen LogP contribution in [0.25, 0.3) is 0 Å². The zero-order valence-corrected chi connectivity index (χ0v) is 17.7. The normalized spacial score (nSPS) is 25.1. The highest BCUT2D eigenvalue weighted by Crippen LogP contribution is 2.36. The van der Waals surface area contributed by atoms with E-state index < -0.39 is 18.3 Å². The molecular formula is C24H35NO5. The van der Waals surface area contributed by atoms with Gasteiger partial charge in [-0.1, -0.05) is 42.5 Å². The molecule has 2 rings (SSSR count). The van der Waals surface area contributed by atoms with E-state index in [1.54, 1.807) is 12.2 Å². The molecule has 0 radical (unpaired) electrons.